The van der Waals surface area contributed by atoms with E-state index in [1.807, 2.05) is 30.3 Å². The van der Waals surface area contributed by atoms with E-state index < -0.39 is 0 Å². The second kappa shape index (κ2) is 6.10. The summed E-state index contributed by atoms with van der Waals surface area (Å²) in [6.07, 6.45) is 1.76. The minimum Gasteiger partial charge on any atom is -0.508 e. The summed E-state index contributed by atoms with van der Waals surface area (Å²) < 4.78 is 0. The molecule has 0 heterocycles. The highest BCUT2D eigenvalue weighted by Crippen LogP contribution is 2.36. The molecule has 0 aliphatic heterocycles. The standard InChI is InChI=1S/C18H19NO3/c20-16-8-9-17(21)15-10-13(6-7-14(15)16)18(22)19-11-12-4-2-1-3-5-12/h1-5,8-9,13,20-21H,6-7,10-11H2,(H,19,22). The molecule has 22 heavy (non-hydrogen) atoms. The van der Waals surface area contributed by atoms with Crippen LogP contribution in [0.3, 0.4) is 0 Å². The first-order valence-corrected chi connectivity index (χ1v) is 7.49. The molecule has 0 fully saturated rings. The van der Waals surface area contributed by atoms with Gasteiger partial charge in [-0.25, -0.2) is 0 Å². The number of carbonyl (C=O) groups excluding carboxylic acids is 1. The maximum absolute atomic E-state index is 12.3. The van der Waals surface area contributed by atoms with Crippen LogP contribution in [0, 0.1) is 5.92 Å². The topological polar surface area (TPSA) is 69.6 Å². The molecule has 0 bridgehead atoms. The predicted octanol–water partition coefficient (Wildman–Crippen LogP) is 2.52. The number of phenols is 2. The molecule has 3 rings (SSSR count). The maximum Gasteiger partial charge on any atom is 0.223 e. The lowest BCUT2D eigenvalue weighted by molar-refractivity contribution is -0.125. The van der Waals surface area contributed by atoms with Crippen LogP contribution in [0.4, 0.5) is 0 Å². The number of benzene rings is 2. The summed E-state index contributed by atoms with van der Waals surface area (Å²) in [5.74, 6) is 0.200. The van der Waals surface area contributed by atoms with Gasteiger partial charge in [0.2, 0.25) is 5.91 Å². The lowest BCUT2D eigenvalue weighted by Crippen LogP contribution is -2.33. The van der Waals surface area contributed by atoms with Gasteiger partial charge in [-0.05, 0) is 37.0 Å². The number of rotatable bonds is 3. The highest BCUT2D eigenvalue weighted by atomic mass is 16.3. The Hall–Kier alpha value is -2.49. The van der Waals surface area contributed by atoms with Crippen molar-refractivity contribution in [1.82, 2.24) is 5.32 Å². The number of hydrogen-bond donors (Lipinski definition) is 3. The molecule has 4 heteroatoms. The molecule has 2 aromatic rings. The molecule has 0 aromatic heterocycles. The Kier molecular flexibility index (Phi) is 4.00. The van der Waals surface area contributed by atoms with Gasteiger partial charge in [0, 0.05) is 23.6 Å². The zero-order chi connectivity index (χ0) is 15.5. The van der Waals surface area contributed by atoms with Crippen molar-refractivity contribution in [1.29, 1.82) is 0 Å². The van der Waals surface area contributed by atoms with E-state index in [4.69, 9.17) is 0 Å². The van der Waals surface area contributed by atoms with Crippen LogP contribution < -0.4 is 5.32 Å². The first-order valence-electron chi connectivity index (χ1n) is 7.49. The van der Waals surface area contributed by atoms with Gasteiger partial charge in [0.1, 0.15) is 11.5 Å². The highest BCUT2D eigenvalue weighted by Gasteiger charge is 2.27. The molecule has 1 aliphatic carbocycles. The van der Waals surface area contributed by atoms with Gasteiger partial charge in [0.15, 0.2) is 0 Å². The molecular formula is C18H19NO3. The minimum absolute atomic E-state index is 0.00255. The normalized spacial score (nSPS) is 16.8. The Morgan fingerprint density at radius 3 is 2.45 bits per heavy atom. The van der Waals surface area contributed by atoms with E-state index in [1.165, 1.54) is 12.1 Å². The van der Waals surface area contributed by atoms with Crippen molar-refractivity contribution in [3.8, 4) is 11.5 Å². The van der Waals surface area contributed by atoms with Crippen LogP contribution in [-0.2, 0) is 24.2 Å². The molecule has 1 atom stereocenters. The average Bonchev–Trinajstić information content (AvgIpc) is 2.57. The maximum atomic E-state index is 12.3. The van der Waals surface area contributed by atoms with E-state index >= 15 is 0 Å². The van der Waals surface area contributed by atoms with Crippen molar-refractivity contribution in [3.05, 3.63) is 59.2 Å². The van der Waals surface area contributed by atoms with Crippen LogP contribution in [0.5, 0.6) is 11.5 Å². The lowest BCUT2D eigenvalue weighted by atomic mass is 9.82. The van der Waals surface area contributed by atoms with E-state index in [2.05, 4.69) is 5.32 Å². The predicted molar refractivity (Wildman–Crippen MR) is 83.6 cm³/mol. The van der Waals surface area contributed by atoms with Crippen molar-refractivity contribution in [2.45, 2.75) is 25.8 Å². The fourth-order valence-electron chi connectivity index (χ4n) is 3.00. The Labute approximate surface area is 129 Å². The van der Waals surface area contributed by atoms with Gasteiger partial charge < -0.3 is 15.5 Å². The van der Waals surface area contributed by atoms with Crippen molar-refractivity contribution in [2.75, 3.05) is 0 Å². The molecule has 0 saturated heterocycles. The second-order valence-corrected chi connectivity index (χ2v) is 5.70. The number of phenolic OH excluding ortho intramolecular Hbond substituents is 2. The van der Waals surface area contributed by atoms with Crippen LogP contribution >= 0.6 is 0 Å². The van der Waals surface area contributed by atoms with Crippen LogP contribution in [0.15, 0.2) is 42.5 Å². The van der Waals surface area contributed by atoms with E-state index in [0.717, 1.165) is 11.1 Å². The summed E-state index contributed by atoms with van der Waals surface area (Å²) >= 11 is 0. The minimum atomic E-state index is -0.163. The number of nitrogens with one attached hydrogen (secondary N) is 1. The molecule has 4 nitrogen and oxygen atoms in total. The molecule has 0 radical (unpaired) electrons. The van der Waals surface area contributed by atoms with Gasteiger partial charge in [-0.3, -0.25) is 4.79 Å². The Balaban J connectivity index is 1.67. The largest absolute Gasteiger partial charge is 0.508 e. The fraction of sp³-hybridized carbons (Fsp3) is 0.278. The van der Waals surface area contributed by atoms with Crippen LogP contribution in [0.2, 0.25) is 0 Å². The average molecular weight is 297 g/mol. The SMILES string of the molecule is O=C(NCc1ccccc1)C1CCc2c(O)ccc(O)c2C1. The van der Waals surface area contributed by atoms with Crippen molar-refractivity contribution >= 4 is 5.91 Å². The summed E-state index contributed by atoms with van der Waals surface area (Å²) in [5.41, 5.74) is 2.53. The molecular weight excluding hydrogens is 278 g/mol. The summed E-state index contributed by atoms with van der Waals surface area (Å²) in [6, 6.07) is 12.8. The quantitative estimate of drug-likeness (QED) is 0.762. The molecule has 114 valence electrons. The van der Waals surface area contributed by atoms with Gasteiger partial charge >= 0.3 is 0 Å². The molecule has 3 N–H and O–H groups in total. The van der Waals surface area contributed by atoms with E-state index in [9.17, 15) is 15.0 Å². The Bertz CT molecular complexity index is 682. The summed E-state index contributed by atoms with van der Waals surface area (Å²) in [7, 11) is 0. The van der Waals surface area contributed by atoms with Crippen molar-refractivity contribution in [2.24, 2.45) is 5.92 Å². The number of carbonyl (C=O) groups is 1. The molecule has 1 unspecified atom stereocenters. The van der Waals surface area contributed by atoms with E-state index in [0.29, 0.717) is 31.4 Å². The first-order chi connectivity index (χ1) is 10.6. The van der Waals surface area contributed by atoms with Gasteiger partial charge in [-0.1, -0.05) is 30.3 Å². The summed E-state index contributed by atoms with van der Waals surface area (Å²) in [5, 5.41) is 22.7. The molecule has 0 spiro atoms. The van der Waals surface area contributed by atoms with Gasteiger partial charge in [0.05, 0.1) is 0 Å². The number of amides is 1. The summed E-state index contributed by atoms with van der Waals surface area (Å²) in [6.45, 7) is 0.509. The first kappa shape index (κ1) is 14.4. The third kappa shape index (κ3) is 2.91. The third-order valence-corrected chi connectivity index (χ3v) is 4.26. The zero-order valence-corrected chi connectivity index (χ0v) is 12.2. The fourth-order valence-corrected chi connectivity index (χ4v) is 3.00. The smallest absolute Gasteiger partial charge is 0.223 e. The molecule has 0 saturated carbocycles. The summed E-state index contributed by atoms with van der Waals surface area (Å²) in [4.78, 5) is 12.3. The van der Waals surface area contributed by atoms with Crippen LogP contribution in [-0.4, -0.2) is 16.1 Å². The Morgan fingerprint density at radius 1 is 1.05 bits per heavy atom. The molecule has 1 aliphatic rings. The van der Waals surface area contributed by atoms with Crippen molar-refractivity contribution < 1.29 is 15.0 Å². The molecule has 1 amide bonds. The highest BCUT2D eigenvalue weighted by molar-refractivity contribution is 5.79. The zero-order valence-electron chi connectivity index (χ0n) is 12.2. The Morgan fingerprint density at radius 2 is 1.73 bits per heavy atom. The monoisotopic (exact) mass is 297 g/mol. The van der Waals surface area contributed by atoms with E-state index in [-0.39, 0.29) is 23.3 Å². The lowest BCUT2D eigenvalue weighted by Gasteiger charge is -2.25. The van der Waals surface area contributed by atoms with Crippen LogP contribution in [0.1, 0.15) is 23.1 Å². The number of fused-ring (bicyclic) bond motifs is 1. The van der Waals surface area contributed by atoms with Crippen molar-refractivity contribution in [3.63, 3.8) is 0 Å². The second-order valence-electron chi connectivity index (χ2n) is 5.70. The van der Waals surface area contributed by atoms with Crippen LogP contribution in [0.25, 0.3) is 0 Å². The van der Waals surface area contributed by atoms with Gasteiger partial charge in [-0.2, -0.15) is 0 Å². The molecule has 2 aromatic carbocycles. The van der Waals surface area contributed by atoms with Gasteiger partial charge in [0.25, 0.3) is 0 Å². The van der Waals surface area contributed by atoms with E-state index in [1.54, 1.807) is 0 Å². The third-order valence-electron chi connectivity index (χ3n) is 4.26. The number of hydrogen-bond acceptors (Lipinski definition) is 3. The number of aromatic hydroxyl groups is 2. The van der Waals surface area contributed by atoms with Gasteiger partial charge in [-0.15, -0.1) is 0 Å².